The molecule has 0 aromatic heterocycles. The van der Waals surface area contributed by atoms with E-state index in [2.05, 4.69) is 5.32 Å². The number of carbonyl (C=O) groups is 2. The van der Waals surface area contributed by atoms with E-state index in [1.54, 1.807) is 31.2 Å². The van der Waals surface area contributed by atoms with Crippen LogP contribution in [-0.2, 0) is 26.2 Å². The van der Waals surface area contributed by atoms with Gasteiger partial charge in [-0.25, -0.2) is 8.42 Å². The number of para-hydroxylation sites is 1. The summed E-state index contributed by atoms with van der Waals surface area (Å²) in [6.07, 6.45) is 1.05. The second kappa shape index (κ2) is 12.6. The second-order valence-corrected chi connectivity index (χ2v) is 11.4. The average Bonchev–Trinajstić information content (AvgIpc) is 2.86. The maximum absolute atomic E-state index is 13.6. The van der Waals surface area contributed by atoms with E-state index in [4.69, 9.17) is 4.74 Å². The zero-order valence-electron chi connectivity index (χ0n) is 22.4. The van der Waals surface area contributed by atoms with Gasteiger partial charge in [-0.05, 0) is 69.7 Å². The highest BCUT2D eigenvalue weighted by Gasteiger charge is 2.30. The monoisotopic (exact) mass is 537 g/mol. The van der Waals surface area contributed by atoms with E-state index < -0.39 is 28.5 Å². The summed E-state index contributed by atoms with van der Waals surface area (Å²) in [5.41, 5.74) is 2.22. The van der Waals surface area contributed by atoms with Crippen LogP contribution in [0, 0.1) is 6.92 Å². The van der Waals surface area contributed by atoms with Crippen molar-refractivity contribution in [2.45, 2.75) is 46.3 Å². The van der Waals surface area contributed by atoms with Crippen LogP contribution < -0.4 is 14.4 Å². The molecule has 1 atom stereocenters. The number of carbonyl (C=O) groups excluding carboxylic acids is 2. The standard InChI is InChI=1S/C29H35N3O5S/c1-21(2)30-29(34)23(4)31(19-24-13-11-22(3)12-14-24)28(33)20-32(38(5,35)36)25-15-17-27(18-16-25)37-26-9-7-6-8-10-26/h6-18,21,23H,19-20H2,1-5H3,(H,30,34). The molecule has 2 amide bonds. The zero-order valence-corrected chi connectivity index (χ0v) is 23.2. The Balaban J connectivity index is 1.85. The van der Waals surface area contributed by atoms with Gasteiger partial charge in [0.15, 0.2) is 0 Å². The summed E-state index contributed by atoms with van der Waals surface area (Å²) >= 11 is 0. The van der Waals surface area contributed by atoms with Crippen molar-refractivity contribution in [1.29, 1.82) is 0 Å². The molecule has 0 aliphatic carbocycles. The molecular formula is C29H35N3O5S. The third kappa shape index (κ3) is 8.08. The van der Waals surface area contributed by atoms with Crippen LogP contribution in [0.4, 0.5) is 5.69 Å². The molecule has 0 bridgehead atoms. The number of nitrogens with zero attached hydrogens (tertiary/aromatic N) is 2. The second-order valence-electron chi connectivity index (χ2n) is 9.53. The van der Waals surface area contributed by atoms with Gasteiger partial charge in [-0.15, -0.1) is 0 Å². The Hall–Kier alpha value is -3.85. The van der Waals surface area contributed by atoms with E-state index in [-0.39, 0.29) is 18.5 Å². The van der Waals surface area contributed by atoms with Crippen LogP contribution in [0.5, 0.6) is 11.5 Å². The van der Waals surface area contributed by atoms with Gasteiger partial charge in [-0.3, -0.25) is 13.9 Å². The van der Waals surface area contributed by atoms with Gasteiger partial charge in [0.05, 0.1) is 11.9 Å². The first-order valence-corrected chi connectivity index (χ1v) is 14.2. The van der Waals surface area contributed by atoms with Gasteiger partial charge in [-0.1, -0.05) is 48.0 Å². The number of rotatable bonds is 11. The van der Waals surface area contributed by atoms with Crippen LogP contribution in [0.3, 0.4) is 0 Å². The van der Waals surface area contributed by atoms with Gasteiger partial charge >= 0.3 is 0 Å². The van der Waals surface area contributed by atoms with E-state index in [1.807, 2.05) is 75.4 Å². The molecule has 3 aromatic rings. The molecule has 0 aliphatic rings. The van der Waals surface area contributed by atoms with Crippen molar-refractivity contribution in [2.75, 3.05) is 17.1 Å². The number of anilines is 1. The van der Waals surface area contributed by atoms with Crippen LogP contribution >= 0.6 is 0 Å². The molecule has 0 saturated carbocycles. The molecular weight excluding hydrogens is 502 g/mol. The summed E-state index contributed by atoms with van der Waals surface area (Å²) in [6.45, 7) is 6.99. The summed E-state index contributed by atoms with van der Waals surface area (Å²) in [6, 6.07) is 22.4. The Morgan fingerprint density at radius 3 is 2.00 bits per heavy atom. The molecule has 9 heteroatoms. The Morgan fingerprint density at radius 1 is 0.868 bits per heavy atom. The van der Waals surface area contributed by atoms with Gasteiger partial charge in [0.25, 0.3) is 0 Å². The first kappa shape index (κ1) is 28.7. The average molecular weight is 538 g/mol. The predicted molar refractivity (Wildman–Crippen MR) is 150 cm³/mol. The number of hydrogen-bond acceptors (Lipinski definition) is 5. The topological polar surface area (TPSA) is 96.0 Å². The summed E-state index contributed by atoms with van der Waals surface area (Å²) in [5, 5.41) is 2.84. The SMILES string of the molecule is Cc1ccc(CN(C(=O)CN(c2ccc(Oc3ccccc3)cc2)S(C)(=O)=O)C(C)C(=O)NC(C)C)cc1. The minimum atomic E-state index is -3.82. The number of benzene rings is 3. The maximum Gasteiger partial charge on any atom is 0.244 e. The third-order valence-electron chi connectivity index (χ3n) is 5.85. The lowest BCUT2D eigenvalue weighted by molar-refractivity contribution is -0.139. The van der Waals surface area contributed by atoms with E-state index in [0.29, 0.717) is 17.2 Å². The number of sulfonamides is 1. The lowest BCUT2D eigenvalue weighted by Crippen LogP contribution is -2.52. The minimum absolute atomic E-state index is 0.106. The van der Waals surface area contributed by atoms with E-state index in [0.717, 1.165) is 21.7 Å². The van der Waals surface area contributed by atoms with Crippen molar-refractivity contribution < 1.29 is 22.7 Å². The highest BCUT2D eigenvalue weighted by atomic mass is 32.2. The molecule has 0 aliphatic heterocycles. The number of hydrogen-bond donors (Lipinski definition) is 1. The maximum atomic E-state index is 13.6. The molecule has 8 nitrogen and oxygen atoms in total. The fourth-order valence-electron chi connectivity index (χ4n) is 3.80. The van der Waals surface area contributed by atoms with Crippen LogP contribution in [0.1, 0.15) is 31.9 Å². The van der Waals surface area contributed by atoms with Crippen LogP contribution in [0.15, 0.2) is 78.9 Å². The molecule has 0 fully saturated rings. The third-order valence-corrected chi connectivity index (χ3v) is 7.00. The highest BCUT2D eigenvalue weighted by molar-refractivity contribution is 7.92. The van der Waals surface area contributed by atoms with E-state index in [1.165, 1.54) is 4.90 Å². The lowest BCUT2D eigenvalue weighted by atomic mass is 10.1. The molecule has 3 aromatic carbocycles. The first-order chi connectivity index (χ1) is 17.9. The summed E-state index contributed by atoms with van der Waals surface area (Å²) in [4.78, 5) is 27.8. The number of nitrogens with one attached hydrogen (secondary N) is 1. The largest absolute Gasteiger partial charge is 0.457 e. The number of aryl methyl sites for hydroxylation is 1. The quantitative estimate of drug-likeness (QED) is 0.389. The van der Waals surface area contributed by atoms with Crippen LogP contribution in [0.25, 0.3) is 0 Å². The smallest absolute Gasteiger partial charge is 0.244 e. The van der Waals surface area contributed by atoms with Crippen LogP contribution in [-0.4, -0.2) is 50.0 Å². The Bertz CT molecular complexity index is 1320. The molecule has 3 rings (SSSR count). The summed E-state index contributed by atoms with van der Waals surface area (Å²) < 4.78 is 32.3. The molecule has 1 unspecified atom stereocenters. The molecule has 0 saturated heterocycles. The van der Waals surface area contributed by atoms with Crippen molar-refractivity contribution >= 4 is 27.5 Å². The Kier molecular flexibility index (Phi) is 9.52. The summed E-state index contributed by atoms with van der Waals surface area (Å²) in [5.74, 6) is 0.372. The molecule has 0 heterocycles. The normalized spacial score (nSPS) is 12.1. The number of ether oxygens (including phenoxy) is 1. The lowest BCUT2D eigenvalue weighted by Gasteiger charge is -2.32. The molecule has 0 radical (unpaired) electrons. The van der Waals surface area contributed by atoms with Crippen molar-refractivity contribution in [3.63, 3.8) is 0 Å². The fraction of sp³-hybridized carbons (Fsp3) is 0.310. The predicted octanol–water partition coefficient (Wildman–Crippen LogP) is 4.50. The Labute approximate surface area is 225 Å². The van der Waals surface area contributed by atoms with Crippen molar-refractivity contribution in [1.82, 2.24) is 10.2 Å². The highest BCUT2D eigenvalue weighted by Crippen LogP contribution is 2.26. The van der Waals surface area contributed by atoms with Crippen molar-refractivity contribution in [2.24, 2.45) is 0 Å². The van der Waals surface area contributed by atoms with Gasteiger partial charge in [-0.2, -0.15) is 0 Å². The molecule has 202 valence electrons. The molecule has 0 spiro atoms. The van der Waals surface area contributed by atoms with E-state index >= 15 is 0 Å². The summed E-state index contributed by atoms with van der Waals surface area (Å²) in [7, 11) is -3.82. The van der Waals surface area contributed by atoms with E-state index in [9.17, 15) is 18.0 Å². The Morgan fingerprint density at radius 2 is 1.45 bits per heavy atom. The number of amides is 2. The zero-order chi connectivity index (χ0) is 27.9. The van der Waals surface area contributed by atoms with Crippen molar-refractivity contribution in [3.8, 4) is 11.5 Å². The fourth-order valence-corrected chi connectivity index (χ4v) is 4.65. The van der Waals surface area contributed by atoms with Gasteiger partial charge in [0.1, 0.15) is 24.1 Å². The molecule has 38 heavy (non-hydrogen) atoms. The molecule has 1 N–H and O–H groups in total. The van der Waals surface area contributed by atoms with Crippen LogP contribution in [0.2, 0.25) is 0 Å². The van der Waals surface area contributed by atoms with Gasteiger partial charge in [0, 0.05) is 12.6 Å². The van der Waals surface area contributed by atoms with Gasteiger partial charge in [0.2, 0.25) is 21.8 Å². The van der Waals surface area contributed by atoms with Crippen molar-refractivity contribution in [3.05, 3.63) is 90.0 Å². The van der Waals surface area contributed by atoms with Gasteiger partial charge < -0.3 is 15.0 Å². The first-order valence-electron chi connectivity index (χ1n) is 12.4. The minimum Gasteiger partial charge on any atom is -0.457 e.